The van der Waals surface area contributed by atoms with Crippen molar-refractivity contribution in [3.05, 3.63) is 71.8 Å². The van der Waals surface area contributed by atoms with Gasteiger partial charge in [0.2, 0.25) is 0 Å². The third-order valence-electron chi connectivity index (χ3n) is 7.61. The van der Waals surface area contributed by atoms with E-state index in [2.05, 4.69) is 123 Å². The maximum Gasteiger partial charge on any atom is 0.0724 e. The third-order valence-corrected chi connectivity index (χ3v) is 7.61. The van der Waals surface area contributed by atoms with Crippen LogP contribution in [-0.4, -0.2) is 95.0 Å². The number of nitrogens with zero attached hydrogens (tertiary/aromatic N) is 4. The van der Waals surface area contributed by atoms with Crippen LogP contribution in [-0.2, 0) is 32.2 Å². The summed E-state index contributed by atoms with van der Waals surface area (Å²) in [6, 6.07) is 21.6. The van der Waals surface area contributed by atoms with Crippen molar-refractivity contribution in [2.24, 2.45) is 0 Å². The molecule has 1 heterocycles. The van der Waals surface area contributed by atoms with E-state index in [0.717, 1.165) is 46.7 Å². The predicted molar refractivity (Wildman–Crippen MR) is 174 cm³/mol. The number of likely N-dealkylation sites (N-methyl/N-ethyl adjacent to an activating group) is 2. The van der Waals surface area contributed by atoms with Crippen LogP contribution in [0.5, 0.6) is 0 Å². The van der Waals surface area contributed by atoms with Gasteiger partial charge in [-0.25, -0.2) is 0 Å². The molecule has 0 spiro atoms. The molecule has 0 fully saturated rings. The first-order valence-corrected chi connectivity index (χ1v) is 14.8. The second kappa shape index (κ2) is 15.8. The summed E-state index contributed by atoms with van der Waals surface area (Å²) in [5.74, 6) is 0. The van der Waals surface area contributed by atoms with Gasteiger partial charge < -0.3 is 38.5 Å². The number of benzene rings is 3. The Hall–Kier alpha value is -3.30. The topological polar surface area (TPSA) is 49.9 Å². The zero-order valence-corrected chi connectivity index (χ0v) is 26.3. The summed E-state index contributed by atoms with van der Waals surface area (Å²) >= 11 is 0. The Morgan fingerprint density at radius 2 is 0.929 bits per heavy atom. The highest BCUT2D eigenvalue weighted by atomic mass is 16.5. The number of anilines is 4. The summed E-state index contributed by atoms with van der Waals surface area (Å²) in [6.07, 6.45) is 0. The molecule has 0 saturated carbocycles. The van der Waals surface area contributed by atoms with E-state index in [1.54, 1.807) is 0 Å². The van der Waals surface area contributed by atoms with Gasteiger partial charge in [-0.1, -0.05) is 24.3 Å². The summed E-state index contributed by atoms with van der Waals surface area (Å²) in [5.41, 5.74) is 9.24. The highest BCUT2D eigenvalue weighted by molar-refractivity contribution is 5.75. The van der Waals surface area contributed by atoms with E-state index >= 15 is 0 Å². The normalized spacial score (nSPS) is 16.3. The molecule has 42 heavy (non-hydrogen) atoms. The Kier molecular flexibility index (Phi) is 11.9. The summed E-state index contributed by atoms with van der Waals surface area (Å²) in [4.78, 5) is 8.73. The van der Waals surface area contributed by atoms with Crippen molar-refractivity contribution in [1.29, 1.82) is 0 Å². The van der Waals surface area contributed by atoms with E-state index in [-0.39, 0.29) is 0 Å². The Bertz CT molecular complexity index is 1170. The summed E-state index contributed by atoms with van der Waals surface area (Å²) in [5, 5.41) is 0. The van der Waals surface area contributed by atoms with Crippen LogP contribution in [0.25, 0.3) is 11.1 Å². The van der Waals surface area contributed by atoms with Crippen molar-refractivity contribution in [2.45, 2.75) is 13.2 Å². The molecule has 0 aromatic heterocycles. The fourth-order valence-corrected chi connectivity index (χ4v) is 5.04. The van der Waals surface area contributed by atoms with Gasteiger partial charge in [0.1, 0.15) is 0 Å². The van der Waals surface area contributed by atoms with Gasteiger partial charge in [-0.05, 0) is 58.7 Å². The molecular weight excluding hydrogens is 528 g/mol. The first-order valence-electron chi connectivity index (χ1n) is 14.8. The van der Waals surface area contributed by atoms with Crippen LogP contribution >= 0.6 is 0 Å². The number of hydrogen-bond acceptors (Lipinski definition) is 8. The molecule has 228 valence electrons. The lowest BCUT2D eigenvalue weighted by Crippen LogP contribution is -2.28. The Morgan fingerprint density at radius 3 is 1.33 bits per heavy atom. The molecule has 4 rings (SSSR count). The average Bonchev–Trinajstić information content (AvgIpc) is 2.99. The average molecular weight is 577 g/mol. The third kappa shape index (κ3) is 8.61. The van der Waals surface area contributed by atoms with Crippen molar-refractivity contribution in [1.82, 2.24) is 0 Å². The molecule has 8 nitrogen and oxygen atoms in total. The van der Waals surface area contributed by atoms with Crippen molar-refractivity contribution < 1.29 is 18.9 Å². The minimum Gasteiger partial charge on any atom is -0.378 e. The predicted octanol–water partition coefficient (Wildman–Crippen LogP) is 5.14. The molecule has 0 atom stereocenters. The summed E-state index contributed by atoms with van der Waals surface area (Å²) < 4.78 is 24.3. The highest BCUT2D eigenvalue weighted by Gasteiger charge is 2.15. The lowest BCUT2D eigenvalue weighted by atomic mass is 9.94. The maximum absolute atomic E-state index is 6.16. The van der Waals surface area contributed by atoms with E-state index in [1.165, 1.54) is 11.4 Å². The Balaban J connectivity index is 1.55. The van der Waals surface area contributed by atoms with Crippen LogP contribution < -0.4 is 19.6 Å². The lowest BCUT2D eigenvalue weighted by Gasteiger charge is -2.28. The van der Waals surface area contributed by atoms with E-state index in [1.807, 2.05) is 0 Å². The van der Waals surface area contributed by atoms with Gasteiger partial charge in [0, 0.05) is 66.8 Å². The van der Waals surface area contributed by atoms with Gasteiger partial charge >= 0.3 is 0 Å². The molecule has 1 aliphatic heterocycles. The molecule has 0 aliphatic carbocycles. The summed E-state index contributed by atoms with van der Waals surface area (Å²) in [7, 11) is 12.5. The molecule has 3 aromatic carbocycles. The van der Waals surface area contributed by atoms with Crippen LogP contribution in [0.1, 0.15) is 11.1 Å². The van der Waals surface area contributed by atoms with Crippen molar-refractivity contribution in [3.63, 3.8) is 0 Å². The zero-order valence-electron chi connectivity index (χ0n) is 26.3. The van der Waals surface area contributed by atoms with E-state index in [9.17, 15) is 0 Å². The molecule has 8 heteroatoms. The molecule has 0 radical (unpaired) electrons. The smallest absolute Gasteiger partial charge is 0.0724 e. The minimum absolute atomic E-state index is 0.504. The molecular formula is C34H48N4O4. The van der Waals surface area contributed by atoms with Crippen LogP contribution in [0, 0.1) is 0 Å². The molecule has 0 bridgehead atoms. The van der Waals surface area contributed by atoms with E-state index in [4.69, 9.17) is 18.9 Å². The van der Waals surface area contributed by atoms with E-state index in [0.29, 0.717) is 52.9 Å². The van der Waals surface area contributed by atoms with Gasteiger partial charge in [0.05, 0.1) is 64.2 Å². The van der Waals surface area contributed by atoms with Crippen LogP contribution in [0.3, 0.4) is 0 Å². The van der Waals surface area contributed by atoms with Crippen LogP contribution in [0.15, 0.2) is 60.7 Å². The second-order valence-corrected chi connectivity index (χ2v) is 11.1. The van der Waals surface area contributed by atoms with Crippen molar-refractivity contribution in [3.8, 4) is 11.1 Å². The van der Waals surface area contributed by atoms with Crippen molar-refractivity contribution in [2.75, 3.05) is 115 Å². The molecule has 0 amide bonds. The first-order chi connectivity index (χ1) is 20.3. The number of hydrogen-bond donors (Lipinski definition) is 0. The highest BCUT2D eigenvalue weighted by Crippen LogP contribution is 2.33. The molecule has 0 unspecified atom stereocenters. The number of rotatable bonds is 2. The van der Waals surface area contributed by atoms with Crippen LogP contribution in [0.4, 0.5) is 22.7 Å². The van der Waals surface area contributed by atoms with Crippen LogP contribution in [0.2, 0.25) is 0 Å². The SMILES string of the molecule is CN(C)c1ccc2c(c1)COCCOCCN(C)c1ccccc1N(C)CCOCCOCc1cc(N(C)C)ccc1-2. The van der Waals surface area contributed by atoms with Crippen molar-refractivity contribution >= 4 is 22.7 Å². The van der Waals surface area contributed by atoms with Gasteiger partial charge in [0.25, 0.3) is 0 Å². The molecule has 0 saturated heterocycles. The fraction of sp³-hybridized carbons (Fsp3) is 0.471. The molecule has 1 aliphatic rings. The molecule has 3 aromatic rings. The standard InChI is InChI=1S/C34H48N4O4/c1-35(2)29-11-13-31-27(23-29)25-41-21-19-39-17-15-37(5)33-9-7-8-10-34(33)38(6)16-18-40-20-22-42-26-28-24-30(36(3)4)12-14-32(28)31/h7-14,23-24H,15-22,25-26H2,1-6H3. The van der Waals surface area contributed by atoms with Gasteiger partial charge in [-0.15, -0.1) is 0 Å². The van der Waals surface area contributed by atoms with Gasteiger partial charge in [-0.3, -0.25) is 0 Å². The number of ether oxygens (including phenoxy) is 4. The monoisotopic (exact) mass is 576 g/mol. The van der Waals surface area contributed by atoms with Gasteiger partial charge in [0.15, 0.2) is 0 Å². The fourth-order valence-electron chi connectivity index (χ4n) is 5.04. The maximum atomic E-state index is 6.16. The molecule has 0 N–H and O–H groups in total. The second-order valence-electron chi connectivity index (χ2n) is 11.1. The van der Waals surface area contributed by atoms with E-state index < -0.39 is 0 Å². The number of fused-ring (bicyclic) bond motifs is 4. The first kappa shape index (κ1) is 31.6. The Morgan fingerprint density at radius 1 is 0.524 bits per heavy atom. The lowest BCUT2D eigenvalue weighted by molar-refractivity contribution is 0.0427. The zero-order chi connectivity index (χ0) is 29.9. The quantitative estimate of drug-likeness (QED) is 0.416. The number of para-hydroxylation sites is 2. The summed E-state index contributed by atoms with van der Waals surface area (Å²) in [6.45, 7) is 6.01. The Labute approximate surface area is 252 Å². The minimum atomic E-state index is 0.504. The van der Waals surface area contributed by atoms with Gasteiger partial charge in [-0.2, -0.15) is 0 Å². The largest absolute Gasteiger partial charge is 0.378 e.